The van der Waals surface area contributed by atoms with Gasteiger partial charge in [-0.15, -0.1) is 0 Å². The van der Waals surface area contributed by atoms with Crippen LogP contribution in [0.15, 0.2) is 84.4 Å². The van der Waals surface area contributed by atoms with Crippen molar-refractivity contribution in [3.63, 3.8) is 0 Å². The van der Waals surface area contributed by atoms with Crippen molar-refractivity contribution in [3.8, 4) is 5.75 Å². The van der Waals surface area contributed by atoms with E-state index in [1.54, 1.807) is 42.5 Å². The molecule has 2 heterocycles. The van der Waals surface area contributed by atoms with E-state index in [2.05, 4.69) is 5.43 Å². The summed E-state index contributed by atoms with van der Waals surface area (Å²) in [6.07, 6.45) is 1.65. The van der Waals surface area contributed by atoms with Crippen LogP contribution < -0.4 is 5.43 Å². The molecule has 7 rings (SSSR count). The molecule has 3 aromatic carbocycles. The van der Waals surface area contributed by atoms with Gasteiger partial charge in [0.25, 0.3) is 11.8 Å². The molecule has 3 fully saturated rings. The first-order valence-electron chi connectivity index (χ1n) is 15.6. The monoisotopic (exact) mass is 637 g/mol. The summed E-state index contributed by atoms with van der Waals surface area (Å²) in [7, 11) is 0. The Morgan fingerprint density at radius 1 is 0.957 bits per heavy atom. The molecule has 3 aromatic rings. The first-order chi connectivity index (χ1) is 22.5. The largest absolute Gasteiger partial charge is 0.505 e. The number of amides is 4. The van der Waals surface area contributed by atoms with Crippen molar-refractivity contribution < 1.29 is 38.6 Å². The molecule has 4 amide bonds. The summed E-state index contributed by atoms with van der Waals surface area (Å²) in [5.74, 6) is -8.92. The first-order valence-corrected chi connectivity index (χ1v) is 15.6. The standard InChI is InChI=1S/C36H32FN3O7/c1-19-7-10-22(11-8-19)38-40-33(45)26-18-25-23(12-13-24-30(25)34(46)39(32(24)44)16-15-29(42)43)31(20-9-14-28(41)27(37)17-20)36(26,35(40)47)21-5-3-2-4-6-21/h2-12,14,17,24-26,30-31,38,41H,13,15-16,18H2,1H3,(H,42,43)/t24-,25+,26-,30-,31-,36+/m0/s1. The van der Waals surface area contributed by atoms with Gasteiger partial charge in [0, 0.05) is 12.5 Å². The minimum Gasteiger partial charge on any atom is -0.505 e. The van der Waals surface area contributed by atoms with E-state index in [1.807, 2.05) is 25.1 Å². The van der Waals surface area contributed by atoms with Crippen LogP contribution in [0.3, 0.4) is 0 Å². The number of nitrogens with one attached hydrogen (secondary N) is 1. The van der Waals surface area contributed by atoms with Crippen molar-refractivity contribution >= 4 is 35.3 Å². The molecule has 240 valence electrons. The molecule has 0 bridgehead atoms. The molecule has 0 spiro atoms. The first kappa shape index (κ1) is 30.3. The number of aryl methyl sites for hydroxylation is 1. The van der Waals surface area contributed by atoms with Gasteiger partial charge in [-0.05, 0) is 61.1 Å². The number of likely N-dealkylation sites (tertiary alicyclic amines) is 1. The number of nitrogens with zero attached hydrogens (tertiary/aromatic N) is 2. The van der Waals surface area contributed by atoms with Crippen LogP contribution in [0.5, 0.6) is 5.75 Å². The van der Waals surface area contributed by atoms with Gasteiger partial charge in [0.1, 0.15) is 0 Å². The highest BCUT2D eigenvalue weighted by Crippen LogP contribution is 2.64. The lowest BCUT2D eigenvalue weighted by atomic mass is 9.49. The molecule has 2 aliphatic heterocycles. The van der Waals surface area contributed by atoms with Gasteiger partial charge >= 0.3 is 5.97 Å². The van der Waals surface area contributed by atoms with Crippen LogP contribution in [0.25, 0.3) is 0 Å². The minimum absolute atomic E-state index is 0.0569. The van der Waals surface area contributed by atoms with E-state index in [0.29, 0.717) is 22.4 Å². The second-order valence-corrected chi connectivity index (χ2v) is 12.8. The Kier molecular flexibility index (Phi) is 7.22. The molecule has 6 atom stereocenters. The van der Waals surface area contributed by atoms with E-state index in [9.17, 15) is 34.2 Å². The molecule has 47 heavy (non-hydrogen) atoms. The molecule has 10 nitrogen and oxygen atoms in total. The van der Waals surface area contributed by atoms with E-state index in [1.165, 1.54) is 12.1 Å². The Hall–Kier alpha value is -5.32. The number of fused-ring (bicyclic) bond motifs is 4. The molecule has 0 aromatic heterocycles. The third-order valence-electron chi connectivity index (χ3n) is 10.3. The number of imide groups is 2. The number of carboxylic acids is 1. The summed E-state index contributed by atoms with van der Waals surface area (Å²) in [5.41, 5.74) is 4.44. The Bertz CT molecular complexity index is 1860. The van der Waals surface area contributed by atoms with Gasteiger partial charge in [-0.1, -0.05) is 65.7 Å². The van der Waals surface area contributed by atoms with Crippen molar-refractivity contribution in [2.45, 2.75) is 37.5 Å². The molecule has 1 saturated carbocycles. The third-order valence-corrected chi connectivity index (χ3v) is 10.3. The molecule has 2 saturated heterocycles. The topological polar surface area (TPSA) is 144 Å². The summed E-state index contributed by atoms with van der Waals surface area (Å²) in [5, 5.41) is 20.4. The minimum atomic E-state index is -1.57. The maximum atomic E-state index is 15.1. The van der Waals surface area contributed by atoms with Crippen molar-refractivity contribution in [1.29, 1.82) is 0 Å². The number of carbonyl (C=O) groups is 5. The molecular weight excluding hydrogens is 605 g/mol. The number of halogens is 1. The number of hydrogen-bond acceptors (Lipinski definition) is 7. The summed E-state index contributed by atoms with van der Waals surface area (Å²) in [6.45, 7) is 1.65. The fraction of sp³-hybridized carbons (Fsp3) is 0.306. The Labute approximate surface area is 269 Å². The lowest BCUT2D eigenvalue weighted by Crippen LogP contribution is -2.53. The maximum Gasteiger partial charge on any atom is 0.305 e. The number of hydrazine groups is 1. The van der Waals surface area contributed by atoms with Crippen molar-refractivity contribution in [2.24, 2.45) is 23.7 Å². The van der Waals surface area contributed by atoms with Gasteiger partial charge in [-0.2, -0.15) is 5.01 Å². The normalized spacial score (nSPS) is 28.1. The van der Waals surface area contributed by atoms with Crippen molar-refractivity contribution in [1.82, 2.24) is 9.91 Å². The highest BCUT2D eigenvalue weighted by Gasteiger charge is 2.70. The second-order valence-electron chi connectivity index (χ2n) is 12.8. The van der Waals surface area contributed by atoms with Crippen LogP contribution in [0.4, 0.5) is 10.1 Å². The van der Waals surface area contributed by atoms with Gasteiger partial charge in [0.2, 0.25) is 11.8 Å². The van der Waals surface area contributed by atoms with Gasteiger partial charge < -0.3 is 10.2 Å². The summed E-state index contributed by atoms with van der Waals surface area (Å²) < 4.78 is 15.1. The number of benzene rings is 3. The number of hydrogen-bond donors (Lipinski definition) is 3. The van der Waals surface area contributed by atoms with Gasteiger partial charge in [0.05, 0.1) is 35.3 Å². The highest BCUT2D eigenvalue weighted by molar-refractivity contribution is 6.13. The number of anilines is 1. The van der Waals surface area contributed by atoms with E-state index >= 15 is 4.39 Å². The fourth-order valence-corrected chi connectivity index (χ4v) is 8.32. The van der Waals surface area contributed by atoms with Crippen molar-refractivity contribution in [3.05, 3.63) is 107 Å². The second kappa shape index (κ2) is 11.2. The van der Waals surface area contributed by atoms with Crippen LogP contribution in [0.2, 0.25) is 0 Å². The number of carbonyl (C=O) groups excluding carboxylic acids is 4. The van der Waals surface area contributed by atoms with Gasteiger partial charge in [0.15, 0.2) is 11.6 Å². The quantitative estimate of drug-likeness (QED) is 0.257. The average molecular weight is 638 g/mol. The van der Waals surface area contributed by atoms with Crippen LogP contribution >= 0.6 is 0 Å². The predicted molar refractivity (Wildman–Crippen MR) is 166 cm³/mol. The molecule has 4 aliphatic rings. The lowest BCUT2D eigenvalue weighted by molar-refractivity contribution is -0.143. The average Bonchev–Trinajstić information content (AvgIpc) is 3.43. The maximum absolute atomic E-state index is 15.1. The van der Waals surface area contributed by atoms with Crippen LogP contribution in [0.1, 0.15) is 41.9 Å². The predicted octanol–water partition coefficient (Wildman–Crippen LogP) is 4.30. The lowest BCUT2D eigenvalue weighted by Gasteiger charge is -2.50. The Morgan fingerprint density at radius 3 is 2.36 bits per heavy atom. The number of aliphatic carboxylic acids is 1. The molecule has 11 heteroatoms. The van der Waals surface area contributed by atoms with E-state index in [4.69, 9.17) is 0 Å². The molecule has 2 aliphatic carbocycles. The molecule has 0 radical (unpaired) electrons. The van der Waals surface area contributed by atoms with E-state index < -0.39 is 82.6 Å². The zero-order valence-electron chi connectivity index (χ0n) is 25.4. The van der Waals surface area contributed by atoms with Crippen molar-refractivity contribution in [2.75, 3.05) is 12.0 Å². The van der Waals surface area contributed by atoms with Crippen LogP contribution in [-0.4, -0.2) is 56.3 Å². The molecular formula is C36H32FN3O7. The Balaban J connectivity index is 1.42. The summed E-state index contributed by atoms with van der Waals surface area (Å²) in [6, 6.07) is 19.9. The van der Waals surface area contributed by atoms with Gasteiger partial charge in [-0.3, -0.25) is 34.3 Å². The van der Waals surface area contributed by atoms with E-state index in [0.717, 1.165) is 21.5 Å². The number of rotatable bonds is 7. The van der Waals surface area contributed by atoms with Gasteiger partial charge in [-0.25, -0.2) is 4.39 Å². The number of carboxylic acid groups (broad SMARTS) is 1. The number of allylic oxidation sites excluding steroid dienone is 2. The summed E-state index contributed by atoms with van der Waals surface area (Å²) in [4.78, 5) is 69.2. The number of phenols is 1. The molecule has 3 N–H and O–H groups in total. The highest BCUT2D eigenvalue weighted by atomic mass is 19.1. The summed E-state index contributed by atoms with van der Waals surface area (Å²) >= 11 is 0. The fourth-order valence-electron chi connectivity index (χ4n) is 8.32. The zero-order valence-corrected chi connectivity index (χ0v) is 25.4. The third kappa shape index (κ3) is 4.55. The number of aromatic hydroxyl groups is 1. The number of phenolic OH excluding ortho intramolecular Hbond substituents is 1. The SMILES string of the molecule is Cc1ccc(NN2C(=O)[C@@H]3C[C@@H]4C(=CC[C@@H]5C(=O)N(CCC(=O)O)C(=O)[C@@H]54)[C@H](c4ccc(O)c(F)c4)[C@]3(c3ccccc3)C2=O)cc1. The Morgan fingerprint density at radius 2 is 1.68 bits per heavy atom. The van der Waals surface area contributed by atoms with Crippen LogP contribution in [-0.2, 0) is 29.4 Å². The van der Waals surface area contributed by atoms with Crippen LogP contribution in [0, 0.1) is 36.4 Å². The smallest absolute Gasteiger partial charge is 0.305 e. The molecule has 0 unspecified atom stereocenters. The zero-order chi connectivity index (χ0) is 33.2. The van der Waals surface area contributed by atoms with E-state index in [-0.39, 0.29) is 19.4 Å².